The molecule has 0 aromatic heterocycles. The largest absolute Gasteiger partial charge is 0.480 e. The molecule has 160 valence electrons. The number of nitrogens with zero attached hydrogens (tertiary/aromatic N) is 3. The van der Waals surface area contributed by atoms with Crippen LogP contribution in [-0.2, 0) is 11.3 Å². The van der Waals surface area contributed by atoms with Crippen molar-refractivity contribution in [3.8, 4) is 11.5 Å². The van der Waals surface area contributed by atoms with Crippen LogP contribution >= 0.6 is 0 Å². The average molecular weight is 414 g/mol. The molecule has 10 nitrogen and oxygen atoms in total. The Kier molecular flexibility index (Phi) is 6.58. The summed E-state index contributed by atoms with van der Waals surface area (Å²) in [5.41, 5.74) is 7.98. The van der Waals surface area contributed by atoms with Crippen LogP contribution in [0.15, 0.2) is 21.7 Å². The van der Waals surface area contributed by atoms with Crippen molar-refractivity contribution in [3.05, 3.63) is 44.1 Å². The lowest BCUT2D eigenvalue weighted by molar-refractivity contribution is -0.138. The summed E-state index contributed by atoms with van der Waals surface area (Å²) in [7, 11) is 0. The van der Waals surface area contributed by atoms with E-state index in [9.17, 15) is 14.4 Å². The van der Waals surface area contributed by atoms with Crippen molar-refractivity contribution in [2.24, 2.45) is 5.73 Å². The lowest BCUT2D eigenvalue weighted by atomic mass is 10.1. The van der Waals surface area contributed by atoms with Crippen molar-refractivity contribution in [1.82, 2.24) is 24.8 Å². The normalized spacial score (nSPS) is 12.5. The van der Waals surface area contributed by atoms with Gasteiger partial charge in [-0.3, -0.25) is 14.6 Å². The van der Waals surface area contributed by atoms with Gasteiger partial charge >= 0.3 is 11.7 Å². The first kappa shape index (κ1) is 21.6. The number of carbonyl (C=O) groups is 1. The number of hydrogen-bond acceptors (Lipinski definition) is 7. The highest BCUT2D eigenvalue weighted by molar-refractivity contribution is 5.81. The summed E-state index contributed by atoms with van der Waals surface area (Å²) in [5.74, 6) is -0.727. The molecule has 0 saturated carbocycles. The van der Waals surface area contributed by atoms with E-state index in [-0.39, 0.29) is 11.5 Å². The molecule has 2 heterocycles. The first-order valence-electron chi connectivity index (χ1n) is 9.89. The number of aromatic amines is 1. The van der Waals surface area contributed by atoms with Gasteiger partial charge in [0.25, 0.3) is 5.56 Å². The minimum absolute atomic E-state index is 0.132. The van der Waals surface area contributed by atoms with Crippen molar-refractivity contribution in [3.63, 3.8) is 0 Å². The molecule has 2 aliphatic rings. The van der Waals surface area contributed by atoms with Crippen molar-refractivity contribution in [1.29, 1.82) is 0 Å². The number of H-pyrrole nitrogens is 1. The topological polar surface area (TPSA) is 156 Å². The van der Waals surface area contributed by atoms with E-state index in [0.29, 0.717) is 38.0 Å². The van der Waals surface area contributed by atoms with Crippen molar-refractivity contribution in [2.75, 3.05) is 13.1 Å². The Morgan fingerprint density at radius 3 is 2.67 bits per heavy atom. The molecule has 1 unspecified atom stereocenters. The molecule has 0 fully saturated rings. The number of carboxylic acid groups (broad SMARTS) is 1. The van der Waals surface area contributed by atoms with Gasteiger partial charge in [0.1, 0.15) is 6.04 Å². The average Bonchev–Trinajstić information content (AvgIpc) is 2.68. The molecule has 0 amide bonds. The Morgan fingerprint density at radius 1 is 1.20 bits per heavy atom. The predicted molar refractivity (Wildman–Crippen MR) is 113 cm³/mol. The third kappa shape index (κ3) is 4.71. The maximum atomic E-state index is 12.3. The number of aliphatic carboxylic acids is 1. The molecule has 0 radical (unpaired) electrons. The van der Waals surface area contributed by atoms with Gasteiger partial charge in [0.15, 0.2) is 11.5 Å². The van der Waals surface area contributed by atoms with Gasteiger partial charge in [-0.1, -0.05) is 6.42 Å². The molecule has 10 heteroatoms. The number of carboxylic acids is 1. The van der Waals surface area contributed by atoms with Gasteiger partial charge in [-0.05, 0) is 56.5 Å². The highest BCUT2D eigenvalue weighted by atomic mass is 16.4. The third-order valence-corrected chi connectivity index (χ3v) is 5.17. The van der Waals surface area contributed by atoms with Crippen LogP contribution in [0, 0.1) is 13.8 Å². The molecule has 0 saturated heterocycles. The van der Waals surface area contributed by atoms with E-state index < -0.39 is 23.3 Å². The summed E-state index contributed by atoms with van der Waals surface area (Å²) in [6.07, 6.45) is 1.94. The number of nitrogens with two attached hydrogens (primary N) is 1. The first-order chi connectivity index (χ1) is 14.3. The van der Waals surface area contributed by atoms with Crippen LogP contribution in [0.4, 0.5) is 0 Å². The zero-order valence-corrected chi connectivity index (χ0v) is 17.1. The Labute approximate surface area is 172 Å². The molecule has 30 heavy (non-hydrogen) atoms. The summed E-state index contributed by atoms with van der Waals surface area (Å²) < 4.78 is 1.84. The summed E-state index contributed by atoms with van der Waals surface area (Å²) in [6, 6.07) is 3.08. The van der Waals surface area contributed by atoms with Gasteiger partial charge < -0.3 is 20.7 Å². The number of aryl methyl sites for hydroxylation is 2. The second kappa shape index (κ2) is 9.14. The molecule has 0 spiro atoms. The van der Waals surface area contributed by atoms with Gasteiger partial charge in [-0.15, -0.1) is 0 Å². The highest BCUT2D eigenvalue weighted by Crippen LogP contribution is 2.23. The number of rotatable bonds is 9. The van der Waals surface area contributed by atoms with Gasteiger partial charge in [-0.25, -0.2) is 9.78 Å². The first-order valence-corrected chi connectivity index (χ1v) is 9.89. The Bertz CT molecular complexity index is 1150. The SMILES string of the molecule is Cc1cc2nc3c(=O)[nH]c(=O)nc-3n(CCNCCCCC(N)C(=O)O)c2cc1C. The minimum atomic E-state index is -0.985. The fourth-order valence-corrected chi connectivity index (χ4v) is 3.33. The van der Waals surface area contributed by atoms with Crippen LogP contribution in [-0.4, -0.2) is 49.7 Å². The second-order valence-corrected chi connectivity index (χ2v) is 7.42. The summed E-state index contributed by atoms with van der Waals surface area (Å²) in [4.78, 5) is 45.4. The second-order valence-electron chi connectivity index (χ2n) is 7.42. The number of benzene rings is 1. The van der Waals surface area contributed by atoms with Crippen LogP contribution in [0.5, 0.6) is 0 Å². The number of aromatic nitrogens is 4. The molecule has 0 aliphatic carbocycles. The van der Waals surface area contributed by atoms with Crippen molar-refractivity contribution >= 4 is 17.0 Å². The zero-order valence-electron chi connectivity index (χ0n) is 17.1. The van der Waals surface area contributed by atoms with E-state index in [1.54, 1.807) is 0 Å². The maximum absolute atomic E-state index is 12.3. The number of nitrogens with one attached hydrogen (secondary N) is 2. The Hall–Kier alpha value is -3.11. The summed E-state index contributed by atoms with van der Waals surface area (Å²) >= 11 is 0. The van der Waals surface area contributed by atoms with Gasteiger partial charge in [0.05, 0.1) is 11.0 Å². The van der Waals surface area contributed by atoms with E-state index >= 15 is 0 Å². The smallest absolute Gasteiger partial charge is 0.349 e. The van der Waals surface area contributed by atoms with E-state index in [1.165, 1.54) is 0 Å². The molecule has 3 rings (SSSR count). The van der Waals surface area contributed by atoms with E-state index in [2.05, 4.69) is 20.3 Å². The zero-order chi connectivity index (χ0) is 21.8. The Balaban J connectivity index is 1.78. The Morgan fingerprint density at radius 2 is 1.93 bits per heavy atom. The number of unbranched alkanes of at least 4 members (excludes halogenated alkanes) is 1. The fourth-order valence-electron chi connectivity index (χ4n) is 3.33. The minimum Gasteiger partial charge on any atom is -0.480 e. The quantitative estimate of drug-likeness (QED) is 0.289. The molecule has 5 N–H and O–H groups in total. The number of fused-ring (bicyclic) bond motifs is 2. The van der Waals surface area contributed by atoms with E-state index in [1.807, 2.05) is 30.5 Å². The van der Waals surface area contributed by atoms with Gasteiger partial charge in [-0.2, -0.15) is 4.98 Å². The van der Waals surface area contributed by atoms with Gasteiger partial charge in [0.2, 0.25) is 0 Å². The summed E-state index contributed by atoms with van der Waals surface area (Å²) in [6.45, 7) is 5.74. The molecular formula is C20H26N6O4. The van der Waals surface area contributed by atoms with Crippen LogP contribution in [0.1, 0.15) is 30.4 Å². The maximum Gasteiger partial charge on any atom is 0.349 e. The van der Waals surface area contributed by atoms with Crippen molar-refractivity contribution in [2.45, 2.75) is 45.7 Å². The van der Waals surface area contributed by atoms with Crippen LogP contribution in [0.2, 0.25) is 0 Å². The molecule has 1 atom stereocenters. The van der Waals surface area contributed by atoms with Crippen molar-refractivity contribution < 1.29 is 9.90 Å². The monoisotopic (exact) mass is 414 g/mol. The van der Waals surface area contributed by atoms with E-state index in [4.69, 9.17) is 10.8 Å². The van der Waals surface area contributed by atoms with Crippen LogP contribution in [0.3, 0.4) is 0 Å². The standard InChI is InChI=1S/C20H26N6O4/c1-11-9-14-15(10-12(11)2)26(17-16(23-14)18(27)25-20(30)24-17)8-7-22-6-4-3-5-13(21)19(28)29/h9-10,13,22H,3-8,21H2,1-2H3,(H,28,29)(H,25,27,30). The molecule has 2 aliphatic heterocycles. The lowest BCUT2D eigenvalue weighted by Gasteiger charge is -2.18. The molecule has 1 aromatic rings. The molecular weight excluding hydrogens is 388 g/mol. The van der Waals surface area contributed by atoms with E-state index in [0.717, 1.165) is 23.1 Å². The van der Waals surface area contributed by atoms with Gasteiger partial charge in [0, 0.05) is 13.1 Å². The molecule has 1 aromatic carbocycles. The third-order valence-electron chi connectivity index (χ3n) is 5.17. The van der Waals surface area contributed by atoms with Crippen LogP contribution < -0.4 is 22.3 Å². The fraction of sp³-hybridized carbons (Fsp3) is 0.450. The summed E-state index contributed by atoms with van der Waals surface area (Å²) in [5, 5.41) is 12.1. The predicted octanol–water partition coefficient (Wildman–Crippen LogP) is 0.373. The number of hydrogen-bond donors (Lipinski definition) is 4. The highest BCUT2D eigenvalue weighted by Gasteiger charge is 2.19. The van der Waals surface area contributed by atoms with Crippen LogP contribution in [0.25, 0.3) is 22.6 Å². The molecule has 0 bridgehead atoms. The lowest BCUT2D eigenvalue weighted by Crippen LogP contribution is -2.31.